The molecule has 0 spiro atoms. The van der Waals surface area contributed by atoms with Gasteiger partial charge in [0.1, 0.15) is 18.2 Å². The Balaban J connectivity index is 1.29. The lowest BCUT2D eigenvalue weighted by Crippen LogP contribution is -2.59. The van der Waals surface area contributed by atoms with Crippen molar-refractivity contribution in [1.82, 2.24) is 25.0 Å². The van der Waals surface area contributed by atoms with Crippen molar-refractivity contribution in [3.8, 4) is 0 Å². The predicted molar refractivity (Wildman–Crippen MR) is 103 cm³/mol. The van der Waals surface area contributed by atoms with Crippen LogP contribution in [0, 0.1) is 10.8 Å². The molecule has 4 heterocycles. The second-order valence-electron chi connectivity index (χ2n) is 9.02. The second kappa shape index (κ2) is 6.37. The van der Waals surface area contributed by atoms with Crippen LogP contribution < -0.4 is 4.84 Å². The number of aromatic nitrogens is 4. The van der Waals surface area contributed by atoms with Crippen LogP contribution in [-0.2, 0) is 19.1 Å². The van der Waals surface area contributed by atoms with E-state index in [9.17, 15) is 9.59 Å². The van der Waals surface area contributed by atoms with E-state index in [4.69, 9.17) is 14.3 Å². The topological polar surface area (TPSA) is 109 Å². The summed E-state index contributed by atoms with van der Waals surface area (Å²) < 4.78 is 11.5. The SMILES string of the molecule is CC1(C)[C@@]2(C)CC[C@@]1(C(=O)N1CCOC(COn3nnc4cccnc43)C1)OC2=O. The van der Waals surface area contributed by atoms with Gasteiger partial charge in [-0.1, -0.05) is 18.7 Å². The van der Waals surface area contributed by atoms with Crippen LogP contribution >= 0.6 is 0 Å². The standard InChI is InChI=1S/C20H25N5O5/c1-18(2)19(3)6-7-20(18,30-17(19)27)16(26)24-9-10-28-13(11-24)12-29-25-15-14(22-23-25)5-4-8-21-15/h4-5,8,13H,6-7,9-12H2,1-3H3/t13?,19-,20-/m0/s1. The summed E-state index contributed by atoms with van der Waals surface area (Å²) >= 11 is 0. The molecule has 0 radical (unpaired) electrons. The monoisotopic (exact) mass is 415 g/mol. The zero-order valence-corrected chi connectivity index (χ0v) is 17.3. The number of pyridine rings is 1. The van der Waals surface area contributed by atoms with Gasteiger partial charge in [0.25, 0.3) is 5.91 Å². The van der Waals surface area contributed by atoms with Crippen LogP contribution in [0.3, 0.4) is 0 Å². The quantitative estimate of drug-likeness (QED) is 0.668. The first-order valence-electron chi connectivity index (χ1n) is 10.2. The highest BCUT2D eigenvalue weighted by atomic mass is 16.7. The first kappa shape index (κ1) is 19.2. The summed E-state index contributed by atoms with van der Waals surface area (Å²) in [4.78, 5) is 39.0. The zero-order valence-electron chi connectivity index (χ0n) is 17.3. The predicted octanol–water partition coefficient (Wildman–Crippen LogP) is 0.604. The summed E-state index contributed by atoms with van der Waals surface area (Å²) in [5.74, 6) is -0.408. The lowest BCUT2D eigenvalue weighted by Gasteiger charge is -2.41. The van der Waals surface area contributed by atoms with Crippen molar-refractivity contribution in [3.05, 3.63) is 18.3 Å². The van der Waals surface area contributed by atoms with Crippen molar-refractivity contribution in [3.63, 3.8) is 0 Å². The molecule has 2 aromatic heterocycles. The molecule has 2 aromatic rings. The van der Waals surface area contributed by atoms with E-state index in [1.54, 1.807) is 23.2 Å². The number of rotatable bonds is 4. The Kier molecular flexibility index (Phi) is 4.08. The number of ether oxygens (including phenoxy) is 2. The fourth-order valence-electron chi connectivity index (χ4n) is 4.97. The molecule has 3 fully saturated rings. The molecule has 5 rings (SSSR count). The van der Waals surface area contributed by atoms with Gasteiger partial charge in [-0.25, -0.2) is 4.98 Å². The van der Waals surface area contributed by atoms with E-state index in [0.29, 0.717) is 43.7 Å². The maximum absolute atomic E-state index is 13.6. The number of hydrogen-bond acceptors (Lipinski definition) is 8. The Bertz CT molecular complexity index is 1020. The van der Waals surface area contributed by atoms with E-state index < -0.39 is 16.4 Å². The largest absolute Gasteiger partial charge is 0.448 e. The van der Waals surface area contributed by atoms with Gasteiger partial charge in [0.05, 0.1) is 18.6 Å². The van der Waals surface area contributed by atoms with Gasteiger partial charge in [0, 0.05) is 18.2 Å². The van der Waals surface area contributed by atoms with E-state index in [1.165, 1.54) is 4.85 Å². The number of nitrogens with zero attached hydrogens (tertiary/aromatic N) is 5. The van der Waals surface area contributed by atoms with E-state index in [2.05, 4.69) is 15.3 Å². The normalized spacial score (nSPS) is 32.4. The smallest absolute Gasteiger partial charge is 0.313 e. The van der Waals surface area contributed by atoms with Gasteiger partial charge in [0.15, 0.2) is 5.60 Å². The number of carbonyl (C=O) groups excluding carboxylic acids is 2. The summed E-state index contributed by atoms with van der Waals surface area (Å²) in [6.07, 6.45) is 2.52. The maximum atomic E-state index is 13.6. The third kappa shape index (κ3) is 2.43. The van der Waals surface area contributed by atoms with Gasteiger partial charge in [-0.05, 0) is 37.1 Å². The summed E-state index contributed by atoms with van der Waals surface area (Å²) in [5, 5.41) is 7.95. The minimum absolute atomic E-state index is 0.136. The van der Waals surface area contributed by atoms with Gasteiger partial charge in [-0.2, -0.15) is 0 Å². The van der Waals surface area contributed by atoms with E-state index in [-0.39, 0.29) is 24.6 Å². The molecule has 2 saturated heterocycles. The van der Waals surface area contributed by atoms with Gasteiger partial charge in [-0.3, -0.25) is 9.59 Å². The van der Waals surface area contributed by atoms with Crippen molar-refractivity contribution in [2.24, 2.45) is 10.8 Å². The first-order valence-corrected chi connectivity index (χ1v) is 10.2. The highest BCUT2D eigenvalue weighted by Crippen LogP contribution is 2.66. The number of morpholine rings is 1. The van der Waals surface area contributed by atoms with E-state index in [0.717, 1.165) is 0 Å². The fourth-order valence-corrected chi connectivity index (χ4v) is 4.97. The Morgan fingerprint density at radius 2 is 2.17 bits per heavy atom. The average molecular weight is 415 g/mol. The minimum atomic E-state index is -1.10. The summed E-state index contributed by atoms with van der Waals surface area (Å²) in [5.41, 5.74) is -1.15. The molecule has 1 aliphatic carbocycles. The zero-order chi connectivity index (χ0) is 21.1. The molecule has 10 heteroatoms. The molecule has 0 N–H and O–H groups in total. The van der Waals surface area contributed by atoms with E-state index >= 15 is 0 Å². The van der Waals surface area contributed by atoms with Crippen LogP contribution in [0.4, 0.5) is 0 Å². The Morgan fingerprint density at radius 1 is 1.33 bits per heavy atom. The highest BCUT2D eigenvalue weighted by Gasteiger charge is 2.76. The molecule has 1 unspecified atom stereocenters. The first-order chi connectivity index (χ1) is 14.3. The van der Waals surface area contributed by atoms with Gasteiger partial charge < -0.3 is 19.2 Å². The minimum Gasteiger partial charge on any atom is -0.448 e. The third-order valence-corrected chi connectivity index (χ3v) is 7.42. The highest BCUT2D eigenvalue weighted by molar-refractivity contribution is 5.96. The van der Waals surface area contributed by atoms with Crippen LogP contribution in [0.25, 0.3) is 11.2 Å². The molecule has 160 valence electrons. The molecule has 10 nitrogen and oxygen atoms in total. The molecule has 1 amide bonds. The number of esters is 1. The molecule has 2 aliphatic heterocycles. The average Bonchev–Trinajstić information content (AvgIpc) is 3.29. The Morgan fingerprint density at radius 3 is 2.90 bits per heavy atom. The van der Waals surface area contributed by atoms with Crippen molar-refractivity contribution in [2.75, 3.05) is 26.3 Å². The molecular weight excluding hydrogens is 390 g/mol. The molecule has 30 heavy (non-hydrogen) atoms. The van der Waals surface area contributed by atoms with Crippen LogP contribution in [0.1, 0.15) is 33.6 Å². The molecule has 3 atom stereocenters. The fraction of sp³-hybridized carbons (Fsp3) is 0.650. The summed E-state index contributed by atoms with van der Waals surface area (Å²) in [6, 6.07) is 3.58. The molecule has 1 saturated carbocycles. The van der Waals surface area contributed by atoms with E-state index in [1.807, 2.05) is 20.8 Å². The molecule has 2 bridgehead atoms. The lowest BCUT2D eigenvalue weighted by atomic mass is 9.66. The van der Waals surface area contributed by atoms with Gasteiger partial charge in [0.2, 0.25) is 5.65 Å². The van der Waals surface area contributed by atoms with Crippen molar-refractivity contribution in [1.29, 1.82) is 0 Å². The summed E-state index contributed by atoms with van der Waals surface area (Å²) in [7, 11) is 0. The number of hydrogen-bond donors (Lipinski definition) is 0. The maximum Gasteiger partial charge on any atom is 0.313 e. The van der Waals surface area contributed by atoms with Gasteiger partial charge in [-0.15, -0.1) is 5.10 Å². The third-order valence-electron chi connectivity index (χ3n) is 7.42. The molecule has 0 aromatic carbocycles. The van der Waals surface area contributed by atoms with Crippen molar-refractivity contribution in [2.45, 2.75) is 45.3 Å². The second-order valence-corrected chi connectivity index (χ2v) is 9.02. The Hall–Kier alpha value is -2.75. The van der Waals surface area contributed by atoms with Crippen molar-refractivity contribution < 1.29 is 23.9 Å². The molecular formula is C20H25N5O5. The lowest BCUT2D eigenvalue weighted by molar-refractivity contribution is -0.178. The summed E-state index contributed by atoms with van der Waals surface area (Å²) in [6.45, 7) is 7.22. The van der Waals surface area contributed by atoms with Crippen LogP contribution in [0.15, 0.2) is 18.3 Å². The van der Waals surface area contributed by atoms with Crippen molar-refractivity contribution >= 4 is 23.0 Å². The van der Waals surface area contributed by atoms with Crippen LogP contribution in [0.5, 0.6) is 0 Å². The Labute approximate surface area is 173 Å². The van der Waals surface area contributed by atoms with Crippen LogP contribution in [0.2, 0.25) is 0 Å². The number of amides is 1. The molecule has 3 aliphatic rings. The van der Waals surface area contributed by atoms with Gasteiger partial charge >= 0.3 is 5.97 Å². The number of fused-ring (bicyclic) bond motifs is 3. The number of carbonyl (C=O) groups is 2. The van der Waals surface area contributed by atoms with Crippen LogP contribution in [-0.4, -0.2) is 74.9 Å².